The highest BCUT2D eigenvalue weighted by Gasteiger charge is 2.71. The molecule has 0 saturated heterocycles. The Balaban J connectivity index is 1.86. The third kappa shape index (κ3) is 0.613. The van der Waals surface area contributed by atoms with E-state index < -0.39 is 12.2 Å². The van der Waals surface area contributed by atoms with Gasteiger partial charge in [0.15, 0.2) is 0 Å². The lowest BCUT2D eigenvalue weighted by molar-refractivity contribution is -0.0237. The zero-order valence-electron chi connectivity index (χ0n) is 7.95. The van der Waals surface area contributed by atoms with Gasteiger partial charge in [-0.1, -0.05) is 0 Å². The Labute approximate surface area is 82.7 Å². The number of hydrogen-bond acceptors (Lipinski definition) is 3. The van der Waals surface area contributed by atoms with Crippen molar-refractivity contribution in [3.63, 3.8) is 0 Å². The molecule has 9 atom stereocenters. The summed E-state index contributed by atoms with van der Waals surface area (Å²) in [6, 6.07) is 0. The molecule has 0 aliphatic heterocycles. The molecule has 3 heteroatoms. The van der Waals surface area contributed by atoms with Crippen LogP contribution in [0.5, 0.6) is 0 Å². The number of aliphatic hydroxyl groups is 3. The molecule has 0 aromatic rings. The molecular formula is C11H16O3. The molecule has 14 heavy (non-hydrogen) atoms. The van der Waals surface area contributed by atoms with Crippen LogP contribution in [0.2, 0.25) is 0 Å². The van der Waals surface area contributed by atoms with E-state index in [-0.39, 0.29) is 12.0 Å². The van der Waals surface area contributed by atoms with E-state index in [0.29, 0.717) is 29.6 Å². The molecule has 2 bridgehead atoms. The highest BCUT2D eigenvalue weighted by molar-refractivity contribution is 5.19. The number of hydrogen-bond donors (Lipinski definition) is 3. The van der Waals surface area contributed by atoms with Crippen LogP contribution in [0.15, 0.2) is 0 Å². The van der Waals surface area contributed by atoms with Crippen molar-refractivity contribution in [3.05, 3.63) is 0 Å². The van der Waals surface area contributed by atoms with Crippen molar-refractivity contribution in [2.24, 2.45) is 35.5 Å². The maximum absolute atomic E-state index is 9.94. The van der Waals surface area contributed by atoms with E-state index in [4.69, 9.17) is 0 Å². The lowest BCUT2D eigenvalue weighted by Gasteiger charge is -2.26. The first-order chi connectivity index (χ1) is 6.70. The minimum absolute atomic E-state index is 0.202. The van der Waals surface area contributed by atoms with Gasteiger partial charge in [0.25, 0.3) is 0 Å². The van der Waals surface area contributed by atoms with Crippen LogP contribution in [0.1, 0.15) is 12.8 Å². The minimum atomic E-state index is -0.556. The van der Waals surface area contributed by atoms with Gasteiger partial charge in [-0.15, -0.1) is 0 Å². The molecule has 0 spiro atoms. The summed E-state index contributed by atoms with van der Waals surface area (Å²) >= 11 is 0. The normalized spacial score (nSPS) is 73.5. The largest absolute Gasteiger partial charge is 0.393 e. The van der Waals surface area contributed by atoms with E-state index in [1.165, 1.54) is 0 Å². The smallest absolute Gasteiger partial charge is 0.0836 e. The van der Waals surface area contributed by atoms with Crippen LogP contribution in [0.4, 0.5) is 0 Å². The molecule has 9 unspecified atom stereocenters. The minimum Gasteiger partial charge on any atom is -0.393 e. The lowest BCUT2D eigenvalue weighted by atomic mass is 9.79. The van der Waals surface area contributed by atoms with Crippen LogP contribution in [0, 0.1) is 35.5 Å². The molecule has 4 rings (SSSR count). The number of aliphatic hydroxyl groups excluding tert-OH is 3. The third-order valence-corrected chi connectivity index (χ3v) is 5.61. The Morgan fingerprint density at radius 3 is 2.07 bits per heavy atom. The van der Waals surface area contributed by atoms with Gasteiger partial charge in [-0.3, -0.25) is 0 Å². The maximum Gasteiger partial charge on any atom is 0.0836 e. The summed E-state index contributed by atoms with van der Waals surface area (Å²) in [5.74, 6) is 2.42. The molecule has 0 amide bonds. The van der Waals surface area contributed by atoms with Gasteiger partial charge in [-0.05, 0) is 48.3 Å². The Hall–Kier alpha value is -0.120. The molecule has 4 aliphatic rings. The van der Waals surface area contributed by atoms with Gasteiger partial charge in [0.1, 0.15) is 0 Å². The van der Waals surface area contributed by atoms with Crippen LogP contribution < -0.4 is 0 Å². The van der Waals surface area contributed by atoms with Gasteiger partial charge in [0.05, 0.1) is 18.3 Å². The summed E-state index contributed by atoms with van der Waals surface area (Å²) in [7, 11) is 0. The maximum atomic E-state index is 9.94. The third-order valence-electron chi connectivity index (χ3n) is 5.61. The van der Waals surface area contributed by atoms with E-state index in [9.17, 15) is 15.3 Å². The highest BCUT2D eigenvalue weighted by atomic mass is 16.3. The van der Waals surface area contributed by atoms with Crippen LogP contribution in [-0.2, 0) is 0 Å². The van der Waals surface area contributed by atoms with Gasteiger partial charge >= 0.3 is 0 Å². The second kappa shape index (κ2) is 2.18. The topological polar surface area (TPSA) is 60.7 Å². The van der Waals surface area contributed by atoms with Crippen molar-refractivity contribution in [3.8, 4) is 0 Å². The van der Waals surface area contributed by atoms with Gasteiger partial charge in [0.2, 0.25) is 0 Å². The van der Waals surface area contributed by atoms with E-state index in [0.717, 1.165) is 12.8 Å². The van der Waals surface area contributed by atoms with Crippen molar-refractivity contribution in [2.75, 3.05) is 0 Å². The number of fused-ring (bicyclic) bond motifs is 2. The second-order valence-corrected chi connectivity index (χ2v) is 5.74. The molecule has 4 saturated carbocycles. The van der Waals surface area contributed by atoms with Crippen LogP contribution in [0.25, 0.3) is 0 Å². The van der Waals surface area contributed by atoms with Crippen molar-refractivity contribution in [1.82, 2.24) is 0 Å². The standard InChI is InChI=1S/C11H16O3/c12-6-2-4-3-1-5-7(4)10(13)11(14)9(5)8(3)6/h3-14H,1-2H2. The Bertz CT molecular complexity index is 290. The summed E-state index contributed by atoms with van der Waals surface area (Å²) in [6.45, 7) is 0. The summed E-state index contributed by atoms with van der Waals surface area (Å²) in [6.07, 6.45) is 0.761. The van der Waals surface area contributed by atoms with Crippen molar-refractivity contribution < 1.29 is 15.3 Å². The predicted octanol–water partition coefficient (Wildman–Crippen LogP) is -0.399. The fraction of sp³-hybridized carbons (Fsp3) is 1.00. The molecule has 4 fully saturated rings. The van der Waals surface area contributed by atoms with Crippen molar-refractivity contribution in [2.45, 2.75) is 31.2 Å². The molecule has 78 valence electrons. The monoisotopic (exact) mass is 196 g/mol. The molecule has 0 radical (unpaired) electrons. The van der Waals surface area contributed by atoms with E-state index in [1.54, 1.807) is 0 Å². The first-order valence-corrected chi connectivity index (χ1v) is 5.74. The van der Waals surface area contributed by atoms with Crippen LogP contribution >= 0.6 is 0 Å². The summed E-state index contributed by atoms with van der Waals surface area (Å²) < 4.78 is 0. The quantitative estimate of drug-likeness (QED) is 0.494. The fourth-order valence-corrected chi connectivity index (χ4v) is 5.43. The molecule has 3 nitrogen and oxygen atoms in total. The molecule has 3 N–H and O–H groups in total. The van der Waals surface area contributed by atoms with Crippen molar-refractivity contribution >= 4 is 0 Å². The Morgan fingerprint density at radius 2 is 1.29 bits per heavy atom. The summed E-state index contributed by atoms with van der Waals surface area (Å²) in [5, 5.41) is 29.8. The Morgan fingerprint density at radius 1 is 0.643 bits per heavy atom. The predicted molar refractivity (Wildman–Crippen MR) is 48.2 cm³/mol. The van der Waals surface area contributed by atoms with Gasteiger partial charge in [0, 0.05) is 0 Å². The van der Waals surface area contributed by atoms with E-state index in [2.05, 4.69) is 0 Å². The van der Waals surface area contributed by atoms with Gasteiger partial charge in [-0.2, -0.15) is 0 Å². The summed E-state index contributed by atoms with van der Waals surface area (Å²) in [5.41, 5.74) is 0. The zero-order valence-corrected chi connectivity index (χ0v) is 7.95. The average Bonchev–Trinajstić information content (AvgIpc) is 2.76. The first kappa shape index (κ1) is 8.08. The Kier molecular flexibility index (Phi) is 1.26. The molecular weight excluding hydrogens is 180 g/mol. The van der Waals surface area contributed by atoms with Gasteiger partial charge < -0.3 is 15.3 Å². The van der Waals surface area contributed by atoms with Crippen LogP contribution in [-0.4, -0.2) is 33.6 Å². The van der Waals surface area contributed by atoms with Crippen molar-refractivity contribution in [1.29, 1.82) is 0 Å². The lowest BCUT2D eigenvalue weighted by Crippen LogP contribution is -2.34. The first-order valence-electron chi connectivity index (χ1n) is 5.74. The van der Waals surface area contributed by atoms with Crippen LogP contribution in [0.3, 0.4) is 0 Å². The van der Waals surface area contributed by atoms with E-state index in [1.807, 2.05) is 0 Å². The SMILES string of the molecule is OC1CC2C3CC4C2C(O)C(O)C4C13. The average molecular weight is 196 g/mol. The zero-order chi connectivity index (χ0) is 9.61. The highest BCUT2D eigenvalue weighted by Crippen LogP contribution is 2.70. The second-order valence-electron chi connectivity index (χ2n) is 5.74. The molecule has 0 heterocycles. The molecule has 4 aliphatic carbocycles. The molecule has 0 aromatic carbocycles. The van der Waals surface area contributed by atoms with Gasteiger partial charge in [-0.25, -0.2) is 0 Å². The number of rotatable bonds is 0. The fourth-order valence-electron chi connectivity index (χ4n) is 5.43. The summed E-state index contributed by atoms with van der Waals surface area (Å²) in [4.78, 5) is 0. The van der Waals surface area contributed by atoms with E-state index >= 15 is 0 Å². The molecule has 0 aromatic heterocycles.